The Labute approximate surface area is 109 Å². The average Bonchev–Trinajstić information content (AvgIpc) is 2.29. The van der Waals surface area contributed by atoms with Crippen LogP contribution in [0.15, 0.2) is 24.3 Å². The Balaban J connectivity index is 2.01. The molecule has 0 amide bonds. The van der Waals surface area contributed by atoms with E-state index in [1.807, 2.05) is 12.1 Å². The van der Waals surface area contributed by atoms with Crippen LogP contribution in [-0.2, 0) is 4.74 Å². The summed E-state index contributed by atoms with van der Waals surface area (Å²) in [6.45, 7) is 9.18. The van der Waals surface area contributed by atoms with E-state index in [-0.39, 0.29) is 17.3 Å². The maximum atomic E-state index is 13.0. The lowest BCUT2D eigenvalue weighted by atomic mass is 9.87. The van der Waals surface area contributed by atoms with Crippen molar-refractivity contribution in [1.82, 2.24) is 5.32 Å². The third-order valence-electron chi connectivity index (χ3n) is 3.55. The van der Waals surface area contributed by atoms with Crippen LogP contribution in [0.5, 0.6) is 0 Å². The van der Waals surface area contributed by atoms with Gasteiger partial charge in [0.25, 0.3) is 0 Å². The van der Waals surface area contributed by atoms with Crippen molar-refractivity contribution in [3.05, 3.63) is 35.6 Å². The van der Waals surface area contributed by atoms with E-state index in [0.717, 1.165) is 25.3 Å². The summed E-state index contributed by atoms with van der Waals surface area (Å²) in [6.07, 6.45) is 0. The number of benzene rings is 1. The zero-order chi connectivity index (χ0) is 13.2. The van der Waals surface area contributed by atoms with Crippen LogP contribution in [0, 0.1) is 17.2 Å². The highest BCUT2D eigenvalue weighted by atomic mass is 19.1. The highest BCUT2D eigenvalue weighted by Gasteiger charge is 2.34. The lowest BCUT2D eigenvalue weighted by Gasteiger charge is -2.40. The van der Waals surface area contributed by atoms with Crippen molar-refractivity contribution in [2.75, 3.05) is 19.8 Å². The van der Waals surface area contributed by atoms with Gasteiger partial charge in [0, 0.05) is 18.0 Å². The standard InChI is InChI=1S/C15H22FNO/c1-11(2)14(12-4-6-13(16)7-5-12)17-8-15(3)9-18-10-15/h4-7,11,14,17H,8-10H2,1-3H3. The average molecular weight is 251 g/mol. The first-order valence-corrected chi connectivity index (χ1v) is 6.57. The quantitative estimate of drug-likeness (QED) is 0.868. The number of hydrogen-bond acceptors (Lipinski definition) is 2. The van der Waals surface area contributed by atoms with E-state index in [4.69, 9.17) is 4.74 Å². The Morgan fingerprint density at radius 3 is 2.33 bits per heavy atom. The van der Waals surface area contributed by atoms with E-state index in [1.54, 1.807) is 0 Å². The lowest BCUT2D eigenvalue weighted by Crippen LogP contribution is -2.48. The van der Waals surface area contributed by atoms with Gasteiger partial charge in [0.1, 0.15) is 5.82 Å². The molecule has 1 unspecified atom stereocenters. The molecule has 1 fully saturated rings. The lowest BCUT2D eigenvalue weighted by molar-refractivity contribution is -0.101. The Morgan fingerprint density at radius 2 is 1.89 bits per heavy atom. The van der Waals surface area contributed by atoms with Gasteiger partial charge in [-0.05, 0) is 23.6 Å². The zero-order valence-electron chi connectivity index (χ0n) is 11.4. The minimum Gasteiger partial charge on any atom is -0.380 e. The van der Waals surface area contributed by atoms with Crippen molar-refractivity contribution in [3.63, 3.8) is 0 Å². The number of rotatable bonds is 5. The van der Waals surface area contributed by atoms with E-state index in [0.29, 0.717) is 5.92 Å². The van der Waals surface area contributed by atoms with Crippen LogP contribution in [0.2, 0.25) is 0 Å². The molecule has 3 heteroatoms. The first kappa shape index (κ1) is 13.5. The molecule has 100 valence electrons. The molecule has 0 aliphatic carbocycles. The van der Waals surface area contributed by atoms with Crippen LogP contribution < -0.4 is 5.32 Å². The van der Waals surface area contributed by atoms with Gasteiger partial charge in [-0.15, -0.1) is 0 Å². The molecule has 0 aromatic heterocycles. The third-order valence-corrected chi connectivity index (χ3v) is 3.55. The smallest absolute Gasteiger partial charge is 0.123 e. The summed E-state index contributed by atoms with van der Waals surface area (Å²) in [5.41, 5.74) is 1.41. The number of halogens is 1. The van der Waals surface area contributed by atoms with Crippen molar-refractivity contribution in [2.45, 2.75) is 26.8 Å². The van der Waals surface area contributed by atoms with E-state index < -0.39 is 0 Å². The molecule has 1 saturated heterocycles. The molecule has 0 saturated carbocycles. The molecule has 1 aliphatic rings. The Kier molecular flexibility index (Phi) is 4.03. The van der Waals surface area contributed by atoms with Crippen LogP contribution in [0.4, 0.5) is 4.39 Å². The van der Waals surface area contributed by atoms with Gasteiger partial charge in [-0.2, -0.15) is 0 Å². The molecule has 2 rings (SSSR count). The number of ether oxygens (including phenoxy) is 1. The Bertz CT molecular complexity index is 384. The fraction of sp³-hybridized carbons (Fsp3) is 0.600. The summed E-state index contributed by atoms with van der Waals surface area (Å²) in [4.78, 5) is 0. The fourth-order valence-corrected chi connectivity index (χ4v) is 2.32. The second-order valence-electron chi connectivity index (χ2n) is 5.96. The van der Waals surface area contributed by atoms with Crippen LogP contribution in [-0.4, -0.2) is 19.8 Å². The summed E-state index contributed by atoms with van der Waals surface area (Å²) >= 11 is 0. The molecule has 2 nitrogen and oxygen atoms in total. The van der Waals surface area contributed by atoms with Crippen LogP contribution >= 0.6 is 0 Å². The molecule has 0 spiro atoms. The minimum atomic E-state index is -0.180. The molecule has 0 bridgehead atoms. The fourth-order valence-electron chi connectivity index (χ4n) is 2.32. The third kappa shape index (κ3) is 3.09. The van der Waals surface area contributed by atoms with Crippen molar-refractivity contribution >= 4 is 0 Å². The van der Waals surface area contributed by atoms with Crippen LogP contribution in [0.3, 0.4) is 0 Å². The van der Waals surface area contributed by atoms with Gasteiger partial charge < -0.3 is 10.1 Å². The first-order chi connectivity index (χ1) is 8.50. The number of nitrogens with one attached hydrogen (secondary N) is 1. The van der Waals surface area contributed by atoms with E-state index in [1.165, 1.54) is 12.1 Å². The molecule has 1 atom stereocenters. The highest BCUT2D eigenvalue weighted by molar-refractivity contribution is 5.20. The zero-order valence-corrected chi connectivity index (χ0v) is 11.4. The molecule has 1 N–H and O–H groups in total. The van der Waals surface area contributed by atoms with E-state index in [9.17, 15) is 4.39 Å². The van der Waals surface area contributed by atoms with Crippen molar-refractivity contribution in [2.24, 2.45) is 11.3 Å². The topological polar surface area (TPSA) is 21.3 Å². The second kappa shape index (κ2) is 5.37. The van der Waals surface area contributed by atoms with Gasteiger partial charge in [-0.3, -0.25) is 0 Å². The maximum Gasteiger partial charge on any atom is 0.123 e. The largest absolute Gasteiger partial charge is 0.380 e. The monoisotopic (exact) mass is 251 g/mol. The van der Waals surface area contributed by atoms with Gasteiger partial charge in [0.15, 0.2) is 0 Å². The van der Waals surface area contributed by atoms with E-state index >= 15 is 0 Å². The molecular formula is C15H22FNO. The molecule has 18 heavy (non-hydrogen) atoms. The molecule has 1 heterocycles. The Morgan fingerprint density at radius 1 is 1.28 bits per heavy atom. The maximum absolute atomic E-state index is 13.0. The normalized spacial score (nSPS) is 19.6. The van der Waals surface area contributed by atoms with Crippen molar-refractivity contribution in [1.29, 1.82) is 0 Å². The molecule has 0 radical (unpaired) electrons. The highest BCUT2D eigenvalue weighted by Crippen LogP contribution is 2.28. The van der Waals surface area contributed by atoms with Gasteiger partial charge >= 0.3 is 0 Å². The van der Waals surface area contributed by atoms with Crippen LogP contribution in [0.25, 0.3) is 0 Å². The van der Waals surface area contributed by atoms with Gasteiger partial charge in [-0.1, -0.05) is 32.9 Å². The van der Waals surface area contributed by atoms with Gasteiger partial charge in [-0.25, -0.2) is 4.39 Å². The molecule has 1 aromatic rings. The minimum absolute atomic E-state index is 0.180. The van der Waals surface area contributed by atoms with E-state index in [2.05, 4.69) is 26.1 Å². The SMILES string of the molecule is CC(C)C(NCC1(C)COC1)c1ccc(F)cc1. The molecular weight excluding hydrogens is 229 g/mol. The van der Waals surface area contributed by atoms with Crippen molar-refractivity contribution < 1.29 is 9.13 Å². The van der Waals surface area contributed by atoms with Gasteiger partial charge in [0.05, 0.1) is 13.2 Å². The number of hydrogen-bond donors (Lipinski definition) is 1. The molecule has 1 aromatic carbocycles. The first-order valence-electron chi connectivity index (χ1n) is 6.57. The predicted molar refractivity (Wildman–Crippen MR) is 70.9 cm³/mol. The van der Waals surface area contributed by atoms with Crippen LogP contribution in [0.1, 0.15) is 32.4 Å². The predicted octanol–water partition coefficient (Wildman–Crippen LogP) is 3.15. The molecule has 1 aliphatic heterocycles. The summed E-state index contributed by atoms with van der Waals surface area (Å²) in [7, 11) is 0. The Hall–Kier alpha value is -0.930. The summed E-state index contributed by atoms with van der Waals surface area (Å²) in [6, 6.07) is 7.06. The second-order valence-corrected chi connectivity index (χ2v) is 5.96. The summed E-state index contributed by atoms with van der Waals surface area (Å²) < 4.78 is 18.2. The van der Waals surface area contributed by atoms with Gasteiger partial charge in [0.2, 0.25) is 0 Å². The summed E-state index contributed by atoms with van der Waals surface area (Å²) in [5, 5.41) is 3.59. The van der Waals surface area contributed by atoms with Crippen molar-refractivity contribution in [3.8, 4) is 0 Å². The summed E-state index contributed by atoms with van der Waals surface area (Å²) in [5.74, 6) is 0.292.